The van der Waals surface area contributed by atoms with Gasteiger partial charge in [-0.2, -0.15) is 0 Å². The Morgan fingerprint density at radius 3 is 2.83 bits per heavy atom. The minimum atomic E-state index is -0.545. The van der Waals surface area contributed by atoms with Gasteiger partial charge in [-0.15, -0.1) is 0 Å². The van der Waals surface area contributed by atoms with Gasteiger partial charge in [-0.25, -0.2) is 0 Å². The molecule has 98 valence electrons. The molecule has 3 N–H and O–H groups in total. The minimum Gasteiger partial charge on any atom is -0.484 e. The van der Waals surface area contributed by atoms with Gasteiger partial charge in [0.25, 0.3) is 5.91 Å². The molecule has 0 fully saturated rings. The maximum absolute atomic E-state index is 11.6. The summed E-state index contributed by atoms with van der Waals surface area (Å²) in [6.07, 6.45) is 0.698. The summed E-state index contributed by atoms with van der Waals surface area (Å²) in [5, 5.41) is 2.74. The predicted molar refractivity (Wildman–Crippen MR) is 72.8 cm³/mol. The fourth-order valence-electron chi connectivity index (χ4n) is 1.22. The van der Waals surface area contributed by atoms with E-state index in [1.165, 1.54) is 0 Å². The lowest BCUT2D eigenvalue weighted by atomic mass is 10.2. The number of halogens is 1. The second-order valence-electron chi connectivity index (χ2n) is 3.65. The number of hydrogen-bond donors (Lipinski definition) is 2. The molecule has 1 atom stereocenters. The fourth-order valence-corrected chi connectivity index (χ4v) is 1.34. The standard InChI is InChI=1S/C12H15BrN2O3/c1-2-10(13)12(17)15-8-4-3-5-9(6-8)18-7-11(14)16/h3-6,10H,2,7H2,1H3,(H2,14,16)(H,15,17). The average Bonchev–Trinajstić information content (AvgIpc) is 2.35. The molecule has 5 nitrogen and oxygen atoms in total. The van der Waals surface area contributed by atoms with Gasteiger partial charge < -0.3 is 15.8 Å². The van der Waals surface area contributed by atoms with Gasteiger partial charge in [0.2, 0.25) is 5.91 Å². The first-order chi connectivity index (χ1) is 8.52. The lowest BCUT2D eigenvalue weighted by Gasteiger charge is -2.10. The van der Waals surface area contributed by atoms with Crippen LogP contribution in [0, 0.1) is 0 Å². The van der Waals surface area contributed by atoms with Gasteiger partial charge in [0.1, 0.15) is 5.75 Å². The van der Waals surface area contributed by atoms with Crippen molar-refractivity contribution in [2.24, 2.45) is 5.73 Å². The first-order valence-corrected chi connectivity index (χ1v) is 6.40. The van der Waals surface area contributed by atoms with Crippen LogP contribution in [-0.4, -0.2) is 23.2 Å². The number of hydrogen-bond acceptors (Lipinski definition) is 3. The second-order valence-corrected chi connectivity index (χ2v) is 4.75. The molecule has 0 spiro atoms. The largest absolute Gasteiger partial charge is 0.484 e. The van der Waals surface area contributed by atoms with Crippen molar-refractivity contribution in [1.82, 2.24) is 0 Å². The van der Waals surface area contributed by atoms with Gasteiger partial charge >= 0.3 is 0 Å². The summed E-state index contributed by atoms with van der Waals surface area (Å²) >= 11 is 3.26. The summed E-state index contributed by atoms with van der Waals surface area (Å²) in [5.74, 6) is -0.185. The quantitative estimate of drug-likeness (QED) is 0.783. The molecule has 0 saturated carbocycles. The van der Waals surface area contributed by atoms with Gasteiger partial charge in [0, 0.05) is 11.8 Å². The van der Waals surface area contributed by atoms with Crippen molar-refractivity contribution >= 4 is 33.4 Å². The maximum Gasteiger partial charge on any atom is 0.255 e. The Morgan fingerprint density at radius 2 is 2.22 bits per heavy atom. The number of nitrogens with two attached hydrogens (primary N) is 1. The Kier molecular flexibility index (Phi) is 5.64. The van der Waals surface area contributed by atoms with Crippen LogP contribution in [0.4, 0.5) is 5.69 Å². The average molecular weight is 315 g/mol. The Bertz CT molecular complexity index is 437. The Balaban J connectivity index is 2.64. The van der Waals surface area contributed by atoms with E-state index < -0.39 is 5.91 Å². The van der Waals surface area contributed by atoms with E-state index in [2.05, 4.69) is 21.2 Å². The van der Waals surface area contributed by atoms with E-state index in [9.17, 15) is 9.59 Å². The molecular formula is C12H15BrN2O3. The first kappa shape index (κ1) is 14.5. The van der Waals surface area contributed by atoms with Crippen molar-refractivity contribution in [3.63, 3.8) is 0 Å². The number of carbonyl (C=O) groups excluding carboxylic acids is 2. The predicted octanol–water partition coefficient (Wildman–Crippen LogP) is 1.66. The van der Waals surface area contributed by atoms with E-state index in [1.54, 1.807) is 24.3 Å². The number of benzene rings is 1. The number of alkyl halides is 1. The molecule has 0 radical (unpaired) electrons. The summed E-state index contributed by atoms with van der Waals surface area (Å²) < 4.78 is 5.14. The minimum absolute atomic E-state index is 0.121. The molecule has 2 amide bonds. The van der Waals surface area contributed by atoms with Gasteiger partial charge in [-0.1, -0.05) is 28.9 Å². The van der Waals surface area contributed by atoms with Gasteiger partial charge in [0.15, 0.2) is 6.61 Å². The van der Waals surface area contributed by atoms with Crippen LogP contribution in [0.15, 0.2) is 24.3 Å². The van der Waals surface area contributed by atoms with E-state index in [4.69, 9.17) is 10.5 Å². The number of amides is 2. The van der Waals surface area contributed by atoms with Crippen LogP contribution in [0.3, 0.4) is 0 Å². The molecule has 0 aliphatic rings. The molecule has 0 aromatic heterocycles. The highest BCUT2D eigenvalue weighted by Gasteiger charge is 2.12. The van der Waals surface area contributed by atoms with Crippen molar-refractivity contribution in [2.75, 3.05) is 11.9 Å². The number of rotatable bonds is 6. The Labute approximate surface area is 114 Å². The molecular weight excluding hydrogens is 300 g/mol. The number of ether oxygens (including phenoxy) is 1. The summed E-state index contributed by atoms with van der Waals surface area (Å²) in [4.78, 5) is 22.0. The highest BCUT2D eigenvalue weighted by molar-refractivity contribution is 9.10. The molecule has 6 heteroatoms. The van der Waals surface area contributed by atoms with E-state index in [0.29, 0.717) is 17.9 Å². The zero-order valence-electron chi connectivity index (χ0n) is 9.98. The van der Waals surface area contributed by atoms with E-state index >= 15 is 0 Å². The van der Waals surface area contributed by atoms with Crippen LogP contribution in [0.1, 0.15) is 13.3 Å². The molecule has 1 aromatic carbocycles. The van der Waals surface area contributed by atoms with Gasteiger partial charge in [-0.3, -0.25) is 9.59 Å². The molecule has 0 heterocycles. The number of nitrogens with one attached hydrogen (secondary N) is 1. The first-order valence-electron chi connectivity index (χ1n) is 5.49. The molecule has 18 heavy (non-hydrogen) atoms. The Hall–Kier alpha value is -1.56. The van der Waals surface area contributed by atoms with Crippen LogP contribution >= 0.6 is 15.9 Å². The smallest absolute Gasteiger partial charge is 0.255 e. The fraction of sp³-hybridized carbons (Fsp3) is 0.333. The Morgan fingerprint density at radius 1 is 1.50 bits per heavy atom. The molecule has 0 aliphatic heterocycles. The van der Waals surface area contributed by atoms with E-state index in [1.807, 2.05) is 6.92 Å². The van der Waals surface area contributed by atoms with E-state index in [0.717, 1.165) is 0 Å². The summed E-state index contributed by atoms with van der Waals surface area (Å²) in [6, 6.07) is 6.78. The normalized spacial score (nSPS) is 11.7. The molecule has 0 aliphatic carbocycles. The molecule has 1 unspecified atom stereocenters. The lowest BCUT2D eigenvalue weighted by Crippen LogP contribution is -2.22. The van der Waals surface area contributed by atoms with Crippen molar-refractivity contribution in [3.8, 4) is 5.75 Å². The second kappa shape index (κ2) is 7.00. The number of anilines is 1. The lowest BCUT2D eigenvalue weighted by molar-refractivity contribution is -0.120. The monoisotopic (exact) mass is 314 g/mol. The third-order valence-electron chi connectivity index (χ3n) is 2.13. The molecule has 0 saturated heterocycles. The molecule has 1 rings (SSSR count). The van der Waals surface area contributed by atoms with Crippen LogP contribution in [0.5, 0.6) is 5.75 Å². The summed E-state index contributed by atoms with van der Waals surface area (Å²) in [5.41, 5.74) is 5.59. The highest BCUT2D eigenvalue weighted by Crippen LogP contribution is 2.18. The van der Waals surface area contributed by atoms with E-state index in [-0.39, 0.29) is 17.3 Å². The highest BCUT2D eigenvalue weighted by atomic mass is 79.9. The zero-order valence-corrected chi connectivity index (χ0v) is 11.6. The van der Waals surface area contributed by atoms with Crippen LogP contribution in [0.25, 0.3) is 0 Å². The van der Waals surface area contributed by atoms with Crippen LogP contribution < -0.4 is 15.8 Å². The number of primary amides is 1. The summed E-state index contributed by atoms with van der Waals surface area (Å²) in [7, 11) is 0. The SMILES string of the molecule is CCC(Br)C(=O)Nc1cccc(OCC(N)=O)c1. The third kappa shape index (κ3) is 4.75. The van der Waals surface area contributed by atoms with Crippen molar-refractivity contribution in [1.29, 1.82) is 0 Å². The van der Waals surface area contributed by atoms with Crippen LogP contribution in [0.2, 0.25) is 0 Å². The topological polar surface area (TPSA) is 81.4 Å². The van der Waals surface area contributed by atoms with Gasteiger partial charge in [-0.05, 0) is 18.6 Å². The van der Waals surface area contributed by atoms with Gasteiger partial charge in [0.05, 0.1) is 4.83 Å². The summed E-state index contributed by atoms with van der Waals surface area (Å²) in [6.45, 7) is 1.72. The zero-order chi connectivity index (χ0) is 13.5. The molecule has 0 bridgehead atoms. The maximum atomic E-state index is 11.6. The van der Waals surface area contributed by atoms with Crippen molar-refractivity contribution < 1.29 is 14.3 Å². The molecule has 1 aromatic rings. The number of carbonyl (C=O) groups is 2. The van der Waals surface area contributed by atoms with Crippen molar-refractivity contribution in [2.45, 2.75) is 18.2 Å². The van der Waals surface area contributed by atoms with Crippen molar-refractivity contribution in [3.05, 3.63) is 24.3 Å². The van der Waals surface area contributed by atoms with Crippen LogP contribution in [-0.2, 0) is 9.59 Å². The third-order valence-corrected chi connectivity index (χ3v) is 3.19.